The standard InChI is InChI=1S/C5H14GeO2/c1-5(7)8-6(2,3)4/h5,7H,1-4H3. The van der Waals surface area contributed by atoms with E-state index in [1.54, 1.807) is 6.92 Å². The summed E-state index contributed by atoms with van der Waals surface area (Å²) < 4.78 is 5.18. The first kappa shape index (κ1) is 8.46. The van der Waals surface area contributed by atoms with Crippen LogP contribution in [0.1, 0.15) is 6.92 Å². The summed E-state index contributed by atoms with van der Waals surface area (Å²) in [5.74, 6) is 6.27. The number of aliphatic hydroxyl groups excluding tert-OH is 1. The SMILES string of the molecule is CC(O)[O][Ge]([CH3])([CH3])[CH3]. The van der Waals surface area contributed by atoms with Crippen molar-refractivity contribution < 1.29 is 8.87 Å². The molecule has 0 fully saturated rings. The van der Waals surface area contributed by atoms with Gasteiger partial charge in [-0.2, -0.15) is 0 Å². The van der Waals surface area contributed by atoms with Gasteiger partial charge >= 0.3 is 53.0 Å². The molecule has 1 atom stereocenters. The molecule has 0 aliphatic carbocycles. The number of hydrogen-bond donors (Lipinski definition) is 1. The van der Waals surface area contributed by atoms with Crippen LogP contribution >= 0.6 is 0 Å². The zero-order valence-corrected chi connectivity index (χ0v) is 8.03. The van der Waals surface area contributed by atoms with Crippen LogP contribution in [0.25, 0.3) is 0 Å². The summed E-state index contributed by atoms with van der Waals surface area (Å²) in [4.78, 5) is 0. The Hall–Kier alpha value is 0.463. The van der Waals surface area contributed by atoms with E-state index in [2.05, 4.69) is 17.3 Å². The second-order valence-corrected chi connectivity index (χ2v) is 12.2. The molecule has 0 saturated carbocycles. The zero-order valence-electron chi connectivity index (χ0n) is 5.93. The van der Waals surface area contributed by atoms with E-state index in [0.717, 1.165) is 0 Å². The summed E-state index contributed by atoms with van der Waals surface area (Å²) >= 11 is -1.91. The Labute approximate surface area is 53.6 Å². The number of rotatable bonds is 2. The fourth-order valence-electron chi connectivity index (χ4n) is 0.512. The van der Waals surface area contributed by atoms with Gasteiger partial charge in [-0.3, -0.25) is 0 Å². The summed E-state index contributed by atoms with van der Waals surface area (Å²) in [7, 11) is 0. The Morgan fingerprint density at radius 1 is 1.38 bits per heavy atom. The van der Waals surface area contributed by atoms with Gasteiger partial charge in [0.2, 0.25) is 0 Å². The molecular formula is C5H14GeO2. The second kappa shape index (κ2) is 2.85. The van der Waals surface area contributed by atoms with E-state index in [-0.39, 0.29) is 0 Å². The Balaban J connectivity index is 3.39. The number of aliphatic hydroxyl groups is 1. The molecule has 1 N–H and O–H groups in total. The van der Waals surface area contributed by atoms with Crippen molar-refractivity contribution in [2.45, 2.75) is 30.5 Å². The van der Waals surface area contributed by atoms with Crippen LogP contribution in [-0.2, 0) is 3.76 Å². The summed E-state index contributed by atoms with van der Waals surface area (Å²) in [6.45, 7) is 1.65. The van der Waals surface area contributed by atoms with Crippen molar-refractivity contribution in [2.75, 3.05) is 0 Å². The van der Waals surface area contributed by atoms with Gasteiger partial charge in [0.1, 0.15) is 0 Å². The molecule has 0 saturated heterocycles. The fourth-order valence-corrected chi connectivity index (χ4v) is 2.66. The van der Waals surface area contributed by atoms with Gasteiger partial charge in [0.05, 0.1) is 0 Å². The van der Waals surface area contributed by atoms with E-state index in [1.807, 2.05) is 0 Å². The normalized spacial score (nSPS) is 16.1. The third-order valence-electron chi connectivity index (χ3n) is 0.524. The summed E-state index contributed by atoms with van der Waals surface area (Å²) in [6, 6.07) is 0. The van der Waals surface area contributed by atoms with Crippen LogP contribution in [0.15, 0.2) is 0 Å². The summed E-state index contributed by atoms with van der Waals surface area (Å²) in [5, 5.41) is 8.71. The molecule has 0 spiro atoms. The van der Waals surface area contributed by atoms with Crippen LogP contribution in [0.4, 0.5) is 0 Å². The van der Waals surface area contributed by atoms with Crippen LogP contribution in [0.5, 0.6) is 0 Å². The Kier molecular flexibility index (Phi) is 3.01. The molecule has 0 amide bonds. The van der Waals surface area contributed by atoms with Crippen molar-refractivity contribution in [3.05, 3.63) is 0 Å². The second-order valence-electron chi connectivity index (χ2n) is 2.83. The average Bonchev–Trinajstić information content (AvgIpc) is 1.21. The van der Waals surface area contributed by atoms with Gasteiger partial charge in [-0.15, -0.1) is 0 Å². The first-order valence-corrected chi connectivity index (χ1v) is 9.93. The molecule has 1 unspecified atom stereocenters. The predicted octanol–water partition coefficient (Wildman–Crippen LogP) is 1.18. The average molecular weight is 179 g/mol. The van der Waals surface area contributed by atoms with E-state index in [9.17, 15) is 0 Å². The number of hydrogen-bond acceptors (Lipinski definition) is 2. The molecule has 0 aromatic carbocycles. The van der Waals surface area contributed by atoms with Crippen LogP contribution < -0.4 is 0 Å². The third-order valence-corrected chi connectivity index (χ3v) is 2.72. The van der Waals surface area contributed by atoms with E-state index >= 15 is 0 Å². The van der Waals surface area contributed by atoms with E-state index in [0.29, 0.717) is 0 Å². The molecule has 0 bridgehead atoms. The van der Waals surface area contributed by atoms with Gasteiger partial charge in [0.15, 0.2) is 0 Å². The van der Waals surface area contributed by atoms with E-state index < -0.39 is 19.9 Å². The van der Waals surface area contributed by atoms with Crippen molar-refractivity contribution in [3.63, 3.8) is 0 Å². The van der Waals surface area contributed by atoms with Crippen molar-refractivity contribution >= 4 is 13.6 Å². The van der Waals surface area contributed by atoms with Crippen molar-refractivity contribution in [2.24, 2.45) is 0 Å². The molecule has 0 heterocycles. The molecule has 0 rings (SSSR count). The predicted molar refractivity (Wildman–Crippen MR) is 36.1 cm³/mol. The van der Waals surface area contributed by atoms with Crippen molar-refractivity contribution in [1.82, 2.24) is 0 Å². The monoisotopic (exact) mass is 180 g/mol. The maximum absolute atomic E-state index is 8.71. The van der Waals surface area contributed by atoms with Gasteiger partial charge in [0.25, 0.3) is 0 Å². The van der Waals surface area contributed by atoms with E-state index in [4.69, 9.17) is 8.87 Å². The van der Waals surface area contributed by atoms with Crippen molar-refractivity contribution in [3.8, 4) is 0 Å². The topological polar surface area (TPSA) is 29.5 Å². The minimum atomic E-state index is -1.91. The molecule has 2 nitrogen and oxygen atoms in total. The van der Waals surface area contributed by atoms with Gasteiger partial charge < -0.3 is 0 Å². The van der Waals surface area contributed by atoms with Crippen LogP contribution in [0.2, 0.25) is 17.3 Å². The Bertz CT molecular complexity index is 65.3. The van der Waals surface area contributed by atoms with E-state index in [1.165, 1.54) is 0 Å². The quantitative estimate of drug-likeness (QED) is 0.509. The van der Waals surface area contributed by atoms with Crippen LogP contribution in [-0.4, -0.2) is 25.0 Å². The molecule has 50 valence electrons. The molecule has 0 aromatic rings. The van der Waals surface area contributed by atoms with Crippen LogP contribution in [0, 0.1) is 0 Å². The van der Waals surface area contributed by atoms with Gasteiger partial charge in [0, 0.05) is 0 Å². The molecule has 0 aliphatic rings. The first-order chi connectivity index (χ1) is 3.42. The molecule has 0 radical (unpaired) electrons. The zero-order chi connectivity index (χ0) is 6.78. The molecule has 3 heteroatoms. The third kappa shape index (κ3) is 6.46. The maximum atomic E-state index is 8.71. The molecular weight excluding hydrogens is 165 g/mol. The van der Waals surface area contributed by atoms with Gasteiger partial charge in [-0.05, 0) is 0 Å². The van der Waals surface area contributed by atoms with Crippen LogP contribution in [0.3, 0.4) is 0 Å². The van der Waals surface area contributed by atoms with Gasteiger partial charge in [-0.1, -0.05) is 0 Å². The molecule has 0 aliphatic heterocycles. The molecule has 0 aromatic heterocycles. The summed E-state index contributed by atoms with van der Waals surface area (Å²) in [6.07, 6.45) is -0.574. The minimum absolute atomic E-state index is 0.574. The Morgan fingerprint density at radius 2 is 1.75 bits per heavy atom. The summed E-state index contributed by atoms with van der Waals surface area (Å²) in [5.41, 5.74) is 0. The molecule has 8 heavy (non-hydrogen) atoms. The first-order valence-electron chi connectivity index (χ1n) is 2.78. The fraction of sp³-hybridized carbons (Fsp3) is 1.00. The van der Waals surface area contributed by atoms with Gasteiger partial charge in [-0.25, -0.2) is 0 Å². The van der Waals surface area contributed by atoms with Crippen molar-refractivity contribution in [1.29, 1.82) is 0 Å². The Morgan fingerprint density at radius 3 is 1.75 bits per heavy atom.